The zero-order valence-electron chi connectivity index (χ0n) is 16.7. The van der Waals surface area contributed by atoms with Crippen LogP contribution in [-0.4, -0.2) is 29.2 Å². The van der Waals surface area contributed by atoms with E-state index in [1.165, 1.54) is 6.07 Å². The second kappa shape index (κ2) is 9.72. The quantitative estimate of drug-likeness (QED) is 0.298. The van der Waals surface area contributed by atoms with Crippen LogP contribution in [0.4, 0.5) is 17.6 Å². The maximum atomic E-state index is 13.4. The number of nitrogens with zero attached hydrogens (tertiary/aromatic N) is 2. The van der Waals surface area contributed by atoms with Gasteiger partial charge in [0.1, 0.15) is 19.0 Å². The first-order chi connectivity index (χ1) is 14.8. The van der Waals surface area contributed by atoms with Crippen LogP contribution in [0.1, 0.15) is 42.1 Å². The van der Waals surface area contributed by atoms with Gasteiger partial charge in [-0.05, 0) is 24.6 Å². The normalized spacial score (nSPS) is 11.5. The molecule has 0 N–H and O–H groups in total. The molecular formula is C22H20F4N2O3. The number of aromatic nitrogens is 2. The van der Waals surface area contributed by atoms with Crippen LogP contribution in [0.15, 0.2) is 47.0 Å². The molecule has 3 aromatic rings. The predicted molar refractivity (Wildman–Crippen MR) is 105 cm³/mol. The summed E-state index contributed by atoms with van der Waals surface area (Å²) in [6.07, 6.45) is -2.50. The van der Waals surface area contributed by atoms with Crippen molar-refractivity contribution in [2.75, 3.05) is 13.3 Å². The number of unbranched alkanes of at least 4 members (excludes halogenated alkanes) is 1. The summed E-state index contributed by atoms with van der Waals surface area (Å²) in [5, 5.41) is 3.82. The van der Waals surface area contributed by atoms with Crippen molar-refractivity contribution in [1.82, 2.24) is 10.1 Å². The van der Waals surface area contributed by atoms with Crippen molar-refractivity contribution in [2.45, 2.75) is 32.4 Å². The summed E-state index contributed by atoms with van der Waals surface area (Å²) >= 11 is 0. The number of benzene rings is 2. The van der Waals surface area contributed by atoms with Crippen molar-refractivity contribution in [2.24, 2.45) is 0 Å². The Kier molecular flexibility index (Phi) is 7.04. The van der Waals surface area contributed by atoms with Gasteiger partial charge in [0.2, 0.25) is 5.82 Å². The molecule has 3 rings (SSSR count). The number of ketones is 1. The lowest BCUT2D eigenvalue weighted by Crippen LogP contribution is -2.10. The molecule has 0 unspecified atom stereocenters. The van der Waals surface area contributed by atoms with Gasteiger partial charge in [0.05, 0.1) is 5.56 Å². The Bertz CT molecular complexity index is 1030. The average molecular weight is 436 g/mol. The van der Waals surface area contributed by atoms with Crippen LogP contribution in [-0.2, 0) is 6.18 Å². The van der Waals surface area contributed by atoms with E-state index >= 15 is 0 Å². The zero-order chi connectivity index (χ0) is 22.4. The lowest BCUT2D eigenvalue weighted by Gasteiger charge is -2.13. The molecule has 0 radical (unpaired) electrons. The Morgan fingerprint density at radius 1 is 1.10 bits per heavy atom. The van der Waals surface area contributed by atoms with E-state index in [1.807, 2.05) is 6.92 Å². The smallest absolute Gasteiger partial charge is 0.419 e. The predicted octanol–water partition coefficient (Wildman–Crippen LogP) is 6.14. The zero-order valence-corrected chi connectivity index (χ0v) is 16.7. The molecule has 0 saturated carbocycles. The van der Waals surface area contributed by atoms with E-state index in [2.05, 4.69) is 10.1 Å². The maximum Gasteiger partial charge on any atom is 0.419 e. The number of alkyl halides is 4. The van der Waals surface area contributed by atoms with E-state index in [-0.39, 0.29) is 23.1 Å². The first-order valence-electron chi connectivity index (χ1n) is 9.71. The highest BCUT2D eigenvalue weighted by molar-refractivity contribution is 5.96. The van der Waals surface area contributed by atoms with E-state index in [9.17, 15) is 22.4 Å². The Hall–Kier alpha value is -3.23. The van der Waals surface area contributed by atoms with Crippen molar-refractivity contribution in [3.05, 3.63) is 53.6 Å². The van der Waals surface area contributed by atoms with Crippen LogP contribution in [0.3, 0.4) is 0 Å². The number of hydrogen-bond acceptors (Lipinski definition) is 5. The fourth-order valence-corrected chi connectivity index (χ4v) is 2.90. The molecule has 164 valence electrons. The van der Waals surface area contributed by atoms with Gasteiger partial charge in [-0.15, -0.1) is 0 Å². The van der Waals surface area contributed by atoms with Gasteiger partial charge < -0.3 is 9.26 Å². The molecule has 0 aliphatic heterocycles. The number of halogens is 4. The first kappa shape index (κ1) is 22.5. The number of hydrogen-bond donors (Lipinski definition) is 0. The molecule has 0 saturated heterocycles. The van der Waals surface area contributed by atoms with Crippen LogP contribution in [0.2, 0.25) is 0 Å². The second-order valence-electron chi connectivity index (χ2n) is 6.77. The van der Waals surface area contributed by atoms with Crippen molar-refractivity contribution in [1.29, 1.82) is 0 Å². The summed E-state index contributed by atoms with van der Waals surface area (Å²) in [4.78, 5) is 16.2. The second-order valence-corrected chi connectivity index (χ2v) is 6.77. The number of carbonyl (C=O) groups is 1. The average Bonchev–Trinajstić information content (AvgIpc) is 3.25. The van der Waals surface area contributed by atoms with E-state index in [4.69, 9.17) is 9.26 Å². The first-order valence-corrected chi connectivity index (χ1v) is 9.71. The molecule has 0 aliphatic carbocycles. The van der Waals surface area contributed by atoms with Crippen molar-refractivity contribution >= 4 is 5.78 Å². The third kappa shape index (κ3) is 5.48. The third-order valence-corrected chi connectivity index (χ3v) is 4.52. The minimum absolute atomic E-state index is 0.0388. The molecule has 0 bridgehead atoms. The van der Waals surface area contributed by atoms with E-state index in [0.717, 1.165) is 25.0 Å². The number of carbonyl (C=O) groups excluding carboxylic acids is 1. The summed E-state index contributed by atoms with van der Waals surface area (Å²) in [5.74, 6) is -0.372. The summed E-state index contributed by atoms with van der Waals surface area (Å²) in [6.45, 7) is 0.617. The molecule has 0 spiro atoms. The summed E-state index contributed by atoms with van der Waals surface area (Å²) < 4.78 is 62.3. The molecule has 1 heterocycles. The molecule has 9 heteroatoms. The monoisotopic (exact) mass is 436 g/mol. The van der Waals surface area contributed by atoms with Crippen LogP contribution >= 0.6 is 0 Å². The third-order valence-electron chi connectivity index (χ3n) is 4.52. The van der Waals surface area contributed by atoms with Gasteiger partial charge >= 0.3 is 6.18 Å². The molecular weight excluding hydrogens is 416 g/mol. The minimum atomic E-state index is -4.70. The van der Waals surface area contributed by atoms with Gasteiger partial charge in [-0.1, -0.05) is 42.8 Å². The molecule has 2 aromatic carbocycles. The van der Waals surface area contributed by atoms with E-state index < -0.39 is 30.8 Å². The van der Waals surface area contributed by atoms with Crippen molar-refractivity contribution < 1.29 is 31.6 Å². The molecule has 1 aromatic heterocycles. The Morgan fingerprint density at radius 3 is 2.45 bits per heavy atom. The van der Waals surface area contributed by atoms with Gasteiger partial charge in [0, 0.05) is 23.1 Å². The Balaban J connectivity index is 1.84. The largest absolute Gasteiger partial charge is 0.490 e. The van der Waals surface area contributed by atoms with Crippen LogP contribution in [0.5, 0.6) is 5.75 Å². The molecule has 0 fully saturated rings. The molecule has 0 aliphatic rings. The van der Waals surface area contributed by atoms with Crippen LogP contribution < -0.4 is 4.74 Å². The standard InChI is InChI=1S/C22H20F4N2O3/c1-2-3-4-18(29)14-5-7-15(8-6-14)20-27-21(31-28-20)16-9-10-19(30-12-11-23)17(13-16)22(24,25)26/h5-10,13H,2-4,11-12H2,1H3. The summed E-state index contributed by atoms with van der Waals surface area (Å²) in [5.41, 5.74) is 0.110. The molecule has 0 amide bonds. The van der Waals surface area contributed by atoms with Gasteiger partial charge in [-0.25, -0.2) is 4.39 Å². The summed E-state index contributed by atoms with van der Waals surface area (Å²) in [6, 6.07) is 9.86. The fraction of sp³-hybridized carbons (Fsp3) is 0.318. The van der Waals surface area contributed by atoms with Crippen molar-refractivity contribution in [3.63, 3.8) is 0 Å². The van der Waals surface area contributed by atoms with Gasteiger partial charge in [0.15, 0.2) is 5.78 Å². The molecule has 31 heavy (non-hydrogen) atoms. The minimum Gasteiger partial charge on any atom is -0.490 e. The summed E-state index contributed by atoms with van der Waals surface area (Å²) in [7, 11) is 0. The lowest BCUT2D eigenvalue weighted by molar-refractivity contribution is -0.138. The highest BCUT2D eigenvalue weighted by Crippen LogP contribution is 2.38. The lowest BCUT2D eigenvalue weighted by atomic mass is 10.0. The maximum absolute atomic E-state index is 13.4. The Morgan fingerprint density at radius 2 is 1.81 bits per heavy atom. The molecule has 0 atom stereocenters. The van der Waals surface area contributed by atoms with Gasteiger partial charge in [-0.3, -0.25) is 4.79 Å². The Labute approximate surface area is 176 Å². The molecule has 5 nitrogen and oxygen atoms in total. The fourth-order valence-electron chi connectivity index (χ4n) is 2.90. The van der Waals surface area contributed by atoms with E-state index in [0.29, 0.717) is 17.5 Å². The highest BCUT2D eigenvalue weighted by Gasteiger charge is 2.35. The van der Waals surface area contributed by atoms with E-state index in [1.54, 1.807) is 24.3 Å². The van der Waals surface area contributed by atoms with Gasteiger partial charge in [-0.2, -0.15) is 18.2 Å². The number of Topliss-reactive ketones (excluding diaryl/α,β-unsaturated/α-hetero) is 1. The highest BCUT2D eigenvalue weighted by atomic mass is 19.4. The SMILES string of the molecule is CCCCC(=O)c1ccc(-c2noc(-c3ccc(OCCF)c(C(F)(F)F)c3)n2)cc1. The van der Waals surface area contributed by atoms with Gasteiger partial charge in [0.25, 0.3) is 5.89 Å². The number of ether oxygens (including phenoxy) is 1. The topological polar surface area (TPSA) is 65.2 Å². The van der Waals surface area contributed by atoms with Crippen LogP contribution in [0, 0.1) is 0 Å². The van der Waals surface area contributed by atoms with Crippen LogP contribution in [0.25, 0.3) is 22.8 Å². The van der Waals surface area contributed by atoms with Crippen molar-refractivity contribution in [3.8, 4) is 28.6 Å². The number of rotatable bonds is 9.